The van der Waals surface area contributed by atoms with Gasteiger partial charge in [-0.25, -0.2) is 0 Å². The van der Waals surface area contributed by atoms with Crippen molar-refractivity contribution in [2.24, 2.45) is 0 Å². The molecule has 0 aliphatic carbocycles. The minimum absolute atomic E-state index is 0.0376. The van der Waals surface area contributed by atoms with E-state index in [0.29, 0.717) is 0 Å². The van der Waals surface area contributed by atoms with E-state index in [4.69, 9.17) is 16.3 Å². The Bertz CT molecular complexity index is 361. The standard InChI is InChI=1S/C12H17ClOS/c1-8-5-9(13)6-10(11(8)14-4)12(2,3)7-15/h5-6,15H,7H2,1-4H3. The molecular weight excluding hydrogens is 228 g/mol. The Labute approximate surface area is 102 Å². The van der Waals surface area contributed by atoms with Gasteiger partial charge in [0.05, 0.1) is 7.11 Å². The number of rotatable bonds is 3. The number of thiol groups is 1. The summed E-state index contributed by atoms with van der Waals surface area (Å²) < 4.78 is 5.43. The molecule has 1 aromatic carbocycles. The number of hydrogen-bond donors (Lipinski definition) is 1. The summed E-state index contributed by atoms with van der Waals surface area (Å²) in [6.45, 7) is 6.27. The van der Waals surface area contributed by atoms with Crippen molar-refractivity contribution in [3.63, 3.8) is 0 Å². The van der Waals surface area contributed by atoms with Crippen molar-refractivity contribution in [1.29, 1.82) is 0 Å². The summed E-state index contributed by atoms with van der Waals surface area (Å²) in [6.07, 6.45) is 0. The lowest BCUT2D eigenvalue weighted by molar-refractivity contribution is 0.395. The first-order valence-electron chi connectivity index (χ1n) is 4.88. The average Bonchev–Trinajstić information content (AvgIpc) is 2.16. The molecule has 1 aromatic rings. The fourth-order valence-electron chi connectivity index (χ4n) is 1.59. The molecule has 0 fully saturated rings. The van der Waals surface area contributed by atoms with Gasteiger partial charge in [-0.05, 0) is 30.4 Å². The predicted molar refractivity (Wildman–Crippen MR) is 69.6 cm³/mol. The molecule has 0 spiro atoms. The number of methoxy groups -OCH3 is 1. The summed E-state index contributed by atoms with van der Waals surface area (Å²) >= 11 is 10.4. The molecule has 0 radical (unpaired) electrons. The van der Waals surface area contributed by atoms with Crippen molar-refractivity contribution in [3.05, 3.63) is 28.3 Å². The summed E-state index contributed by atoms with van der Waals surface area (Å²) in [6, 6.07) is 3.88. The quantitative estimate of drug-likeness (QED) is 0.795. The second-order valence-corrected chi connectivity index (χ2v) is 5.10. The van der Waals surface area contributed by atoms with E-state index < -0.39 is 0 Å². The van der Waals surface area contributed by atoms with Gasteiger partial charge in [0.1, 0.15) is 5.75 Å². The van der Waals surface area contributed by atoms with Gasteiger partial charge < -0.3 is 4.74 Å². The molecule has 3 heteroatoms. The minimum Gasteiger partial charge on any atom is -0.496 e. The van der Waals surface area contributed by atoms with Crippen LogP contribution in [0.4, 0.5) is 0 Å². The Balaban J connectivity index is 3.39. The molecule has 0 atom stereocenters. The summed E-state index contributed by atoms with van der Waals surface area (Å²) in [5.41, 5.74) is 2.14. The number of benzene rings is 1. The van der Waals surface area contributed by atoms with Crippen molar-refractivity contribution in [2.75, 3.05) is 12.9 Å². The molecule has 1 nitrogen and oxygen atoms in total. The molecule has 0 saturated carbocycles. The van der Waals surface area contributed by atoms with Crippen LogP contribution in [0.1, 0.15) is 25.0 Å². The zero-order chi connectivity index (χ0) is 11.6. The van der Waals surface area contributed by atoms with Crippen LogP contribution in [0.3, 0.4) is 0 Å². The lowest BCUT2D eigenvalue weighted by atomic mass is 9.85. The van der Waals surface area contributed by atoms with E-state index in [1.165, 1.54) is 0 Å². The van der Waals surface area contributed by atoms with Crippen molar-refractivity contribution in [2.45, 2.75) is 26.2 Å². The van der Waals surface area contributed by atoms with E-state index in [0.717, 1.165) is 27.7 Å². The Morgan fingerprint density at radius 1 is 1.40 bits per heavy atom. The van der Waals surface area contributed by atoms with Gasteiger partial charge in [0.15, 0.2) is 0 Å². The largest absolute Gasteiger partial charge is 0.496 e. The van der Waals surface area contributed by atoms with E-state index in [1.54, 1.807) is 7.11 Å². The van der Waals surface area contributed by atoms with Crippen molar-refractivity contribution < 1.29 is 4.74 Å². The highest BCUT2D eigenvalue weighted by atomic mass is 35.5. The van der Waals surface area contributed by atoms with Crippen LogP contribution >= 0.6 is 24.2 Å². The third kappa shape index (κ3) is 2.61. The summed E-state index contributed by atoms with van der Waals surface area (Å²) in [5, 5.41) is 0.748. The van der Waals surface area contributed by atoms with Crippen molar-refractivity contribution in [1.82, 2.24) is 0 Å². The lowest BCUT2D eigenvalue weighted by Gasteiger charge is -2.26. The number of ether oxygens (including phenoxy) is 1. The summed E-state index contributed by atoms with van der Waals surface area (Å²) in [4.78, 5) is 0. The molecule has 1 rings (SSSR count). The van der Waals surface area contributed by atoms with Gasteiger partial charge in [-0.1, -0.05) is 25.4 Å². The smallest absolute Gasteiger partial charge is 0.125 e. The van der Waals surface area contributed by atoms with Gasteiger partial charge in [0.2, 0.25) is 0 Å². The summed E-state index contributed by atoms with van der Waals surface area (Å²) in [7, 11) is 1.69. The fraction of sp³-hybridized carbons (Fsp3) is 0.500. The van der Waals surface area contributed by atoms with Crippen LogP contribution in [-0.2, 0) is 5.41 Å². The molecule has 0 unspecified atom stereocenters. The maximum absolute atomic E-state index is 6.06. The first-order valence-corrected chi connectivity index (χ1v) is 5.89. The Morgan fingerprint density at radius 2 is 2.00 bits per heavy atom. The van der Waals surface area contributed by atoms with E-state index in [9.17, 15) is 0 Å². The van der Waals surface area contributed by atoms with E-state index in [1.807, 2.05) is 19.1 Å². The second-order valence-electron chi connectivity index (χ2n) is 4.35. The molecule has 0 aliphatic heterocycles. The number of hydrogen-bond acceptors (Lipinski definition) is 2. The highest BCUT2D eigenvalue weighted by molar-refractivity contribution is 7.80. The van der Waals surface area contributed by atoms with Gasteiger partial charge in [0.25, 0.3) is 0 Å². The molecule has 0 saturated heterocycles. The van der Waals surface area contributed by atoms with Crippen LogP contribution in [0.2, 0.25) is 5.02 Å². The molecule has 0 bridgehead atoms. The molecule has 0 heterocycles. The number of halogens is 1. The monoisotopic (exact) mass is 244 g/mol. The van der Waals surface area contributed by atoms with E-state index in [2.05, 4.69) is 26.5 Å². The van der Waals surface area contributed by atoms with Gasteiger partial charge in [-0.3, -0.25) is 0 Å². The van der Waals surface area contributed by atoms with Gasteiger partial charge in [-0.15, -0.1) is 0 Å². The van der Waals surface area contributed by atoms with Crippen molar-refractivity contribution >= 4 is 24.2 Å². The van der Waals surface area contributed by atoms with Crippen LogP contribution in [0.25, 0.3) is 0 Å². The second kappa shape index (κ2) is 4.67. The first-order chi connectivity index (χ1) is 6.92. The Kier molecular flexibility index (Phi) is 3.96. The van der Waals surface area contributed by atoms with Gasteiger partial charge in [0, 0.05) is 16.0 Å². The average molecular weight is 245 g/mol. The maximum Gasteiger partial charge on any atom is 0.125 e. The zero-order valence-corrected chi connectivity index (χ0v) is 11.2. The minimum atomic E-state index is -0.0376. The van der Waals surface area contributed by atoms with Gasteiger partial charge >= 0.3 is 0 Å². The lowest BCUT2D eigenvalue weighted by Crippen LogP contribution is -2.20. The molecule has 15 heavy (non-hydrogen) atoms. The molecular formula is C12H17ClOS. The third-order valence-electron chi connectivity index (χ3n) is 2.57. The Hall–Kier alpha value is -0.340. The van der Waals surface area contributed by atoms with Gasteiger partial charge in [-0.2, -0.15) is 12.6 Å². The van der Waals surface area contributed by atoms with Crippen LogP contribution in [0.15, 0.2) is 12.1 Å². The number of aryl methyl sites for hydroxylation is 1. The SMILES string of the molecule is COc1c(C)cc(Cl)cc1C(C)(C)CS. The Morgan fingerprint density at radius 3 is 2.47 bits per heavy atom. The van der Waals surface area contributed by atoms with E-state index >= 15 is 0 Å². The topological polar surface area (TPSA) is 9.23 Å². The summed E-state index contributed by atoms with van der Waals surface area (Å²) in [5.74, 6) is 1.67. The maximum atomic E-state index is 6.06. The zero-order valence-electron chi connectivity index (χ0n) is 9.60. The highest BCUT2D eigenvalue weighted by Crippen LogP contribution is 2.36. The molecule has 0 aromatic heterocycles. The highest BCUT2D eigenvalue weighted by Gasteiger charge is 2.24. The normalized spacial score (nSPS) is 11.6. The molecule has 84 valence electrons. The van der Waals surface area contributed by atoms with Crippen LogP contribution < -0.4 is 4.74 Å². The molecule has 0 N–H and O–H groups in total. The van der Waals surface area contributed by atoms with Crippen molar-refractivity contribution in [3.8, 4) is 5.75 Å². The molecule has 0 aliphatic rings. The first kappa shape index (κ1) is 12.7. The van der Waals surface area contributed by atoms with E-state index in [-0.39, 0.29) is 5.41 Å². The third-order valence-corrected chi connectivity index (χ3v) is 3.58. The fourth-order valence-corrected chi connectivity index (χ4v) is 2.03. The van der Waals surface area contributed by atoms with Crippen LogP contribution in [0.5, 0.6) is 5.75 Å². The predicted octanol–water partition coefficient (Wildman–Crippen LogP) is 3.86. The van der Waals surface area contributed by atoms with Crippen LogP contribution in [-0.4, -0.2) is 12.9 Å². The van der Waals surface area contributed by atoms with Crippen LogP contribution in [0, 0.1) is 6.92 Å². The molecule has 0 amide bonds.